The first-order valence-corrected chi connectivity index (χ1v) is 18.7. The summed E-state index contributed by atoms with van der Waals surface area (Å²) in [6.45, 7) is 9.86. The van der Waals surface area contributed by atoms with Gasteiger partial charge in [0.25, 0.3) is 5.91 Å². The summed E-state index contributed by atoms with van der Waals surface area (Å²) in [4.78, 5) is 15.6. The monoisotopic (exact) mass is 656 g/mol. The number of benzene rings is 3. The van der Waals surface area contributed by atoms with Gasteiger partial charge in [-0.3, -0.25) is 4.79 Å². The Morgan fingerprint density at radius 1 is 0.729 bits per heavy atom. The van der Waals surface area contributed by atoms with Crippen LogP contribution in [-0.2, 0) is 16.1 Å². The van der Waals surface area contributed by atoms with Crippen LogP contribution in [0.5, 0.6) is 0 Å². The Morgan fingerprint density at radius 2 is 1.35 bits per heavy atom. The van der Waals surface area contributed by atoms with Crippen LogP contribution < -0.4 is 5.32 Å². The Labute approximate surface area is 290 Å². The molecule has 1 saturated heterocycles. The molecule has 6 nitrogen and oxygen atoms in total. The molecule has 262 valence electrons. The first-order valence-electron chi connectivity index (χ1n) is 18.7. The molecule has 3 aromatic carbocycles. The first kappa shape index (κ1) is 37.8. The van der Waals surface area contributed by atoms with Crippen molar-refractivity contribution in [1.82, 2.24) is 4.90 Å². The van der Waals surface area contributed by atoms with Gasteiger partial charge >= 0.3 is 0 Å². The molecule has 48 heavy (non-hydrogen) atoms. The molecule has 1 amide bonds. The van der Waals surface area contributed by atoms with Crippen molar-refractivity contribution in [1.29, 1.82) is 0 Å². The summed E-state index contributed by atoms with van der Waals surface area (Å²) in [7, 11) is 0. The molecule has 0 aromatic heterocycles. The van der Waals surface area contributed by atoms with Crippen LogP contribution in [0.1, 0.15) is 137 Å². The van der Waals surface area contributed by atoms with Gasteiger partial charge in [-0.05, 0) is 61.3 Å². The first-order chi connectivity index (χ1) is 23.5. The smallest absolute Gasteiger partial charge is 0.255 e. The lowest BCUT2D eigenvalue weighted by atomic mass is 9.90. The van der Waals surface area contributed by atoms with E-state index in [4.69, 9.17) is 9.47 Å². The van der Waals surface area contributed by atoms with E-state index in [-0.39, 0.29) is 30.6 Å². The van der Waals surface area contributed by atoms with Crippen molar-refractivity contribution < 1.29 is 19.4 Å². The Bertz CT molecular complexity index is 1300. The number of anilines is 1. The minimum atomic E-state index is -0.577. The second kappa shape index (κ2) is 21.1. The fourth-order valence-corrected chi connectivity index (χ4v) is 6.66. The number of nitrogens with one attached hydrogen (secondary N) is 1. The quantitative estimate of drug-likeness (QED) is 0.112. The molecule has 0 bridgehead atoms. The van der Waals surface area contributed by atoms with E-state index < -0.39 is 6.29 Å². The SMILES string of the molecule is CCCCCCCCN(CCCCCCCC)C[C@H]1O[C@@H](c2cccc(NC(=O)c3ccccc3)c2)O[C@@H](c2ccc(CO)cc2)[C@H]1C. The average molecular weight is 657 g/mol. The highest BCUT2D eigenvalue weighted by atomic mass is 16.7. The molecule has 1 aliphatic heterocycles. The summed E-state index contributed by atoms with van der Waals surface area (Å²) in [6, 6.07) is 25.2. The molecule has 4 atom stereocenters. The van der Waals surface area contributed by atoms with E-state index >= 15 is 0 Å². The fourth-order valence-electron chi connectivity index (χ4n) is 6.66. The summed E-state index contributed by atoms with van der Waals surface area (Å²) in [5.74, 6) is -0.0228. The van der Waals surface area contributed by atoms with Crippen LogP contribution in [0.15, 0.2) is 78.9 Å². The lowest BCUT2D eigenvalue weighted by Crippen LogP contribution is -2.45. The molecule has 6 heteroatoms. The van der Waals surface area contributed by atoms with Gasteiger partial charge in [-0.2, -0.15) is 0 Å². The third kappa shape index (κ3) is 12.1. The van der Waals surface area contributed by atoms with Gasteiger partial charge in [-0.1, -0.05) is 140 Å². The number of amides is 1. The van der Waals surface area contributed by atoms with Crippen LogP contribution in [0.4, 0.5) is 5.69 Å². The highest BCUT2D eigenvalue weighted by Gasteiger charge is 2.39. The van der Waals surface area contributed by atoms with Crippen LogP contribution in [0.2, 0.25) is 0 Å². The predicted molar refractivity (Wildman–Crippen MR) is 197 cm³/mol. The number of aliphatic hydroxyl groups is 1. The van der Waals surface area contributed by atoms with Gasteiger partial charge in [0.1, 0.15) is 0 Å². The summed E-state index contributed by atoms with van der Waals surface area (Å²) in [5, 5.41) is 12.7. The molecule has 4 rings (SSSR count). The van der Waals surface area contributed by atoms with Crippen molar-refractivity contribution in [3.05, 3.63) is 101 Å². The Hall–Kier alpha value is -3.03. The Kier molecular flexibility index (Phi) is 16.6. The van der Waals surface area contributed by atoms with Crippen molar-refractivity contribution in [3.8, 4) is 0 Å². The van der Waals surface area contributed by atoms with Crippen molar-refractivity contribution in [3.63, 3.8) is 0 Å². The minimum Gasteiger partial charge on any atom is -0.392 e. The minimum absolute atomic E-state index is 0.0169. The molecule has 0 aliphatic carbocycles. The number of hydrogen-bond donors (Lipinski definition) is 2. The predicted octanol–water partition coefficient (Wildman–Crippen LogP) is 10.2. The van der Waals surface area contributed by atoms with E-state index in [1.807, 2.05) is 66.7 Å². The van der Waals surface area contributed by atoms with Gasteiger partial charge in [0.05, 0.1) is 18.8 Å². The van der Waals surface area contributed by atoms with Crippen LogP contribution in [0.25, 0.3) is 0 Å². The number of nitrogens with zero attached hydrogens (tertiary/aromatic N) is 1. The standard InChI is InChI=1S/C42H60N2O4/c1-4-6-8-10-12-17-28-44(29-18-13-11-9-7-5-2)31-39-33(3)40(35-26-24-34(32-45)25-27-35)48-42(47-39)37-22-19-23-38(30-37)43-41(46)36-20-15-14-16-21-36/h14-16,19-27,30,33,39-40,42,45H,4-13,17-18,28-29,31-32H2,1-3H3,(H,43,46)/t33-,39+,40+,42+/m0/s1. The van der Waals surface area contributed by atoms with Gasteiger partial charge in [0.15, 0.2) is 6.29 Å². The maximum Gasteiger partial charge on any atom is 0.255 e. The van der Waals surface area contributed by atoms with Gasteiger partial charge in [-0.25, -0.2) is 0 Å². The maximum atomic E-state index is 12.9. The van der Waals surface area contributed by atoms with Crippen LogP contribution >= 0.6 is 0 Å². The van der Waals surface area contributed by atoms with Crippen LogP contribution in [-0.4, -0.2) is 41.7 Å². The highest BCUT2D eigenvalue weighted by molar-refractivity contribution is 6.04. The molecule has 1 heterocycles. The molecular weight excluding hydrogens is 596 g/mol. The summed E-state index contributed by atoms with van der Waals surface area (Å²) in [6.07, 6.45) is 14.7. The van der Waals surface area contributed by atoms with Crippen molar-refractivity contribution in [2.75, 3.05) is 25.0 Å². The van der Waals surface area contributed by atoms with Crippen LogP contribution in [0, 0.1) is 5.92 Å². The number of rotatable bonds is 21. The van der Waals surface area contributed by atoms with Crippen molar-refractivity contribution in [2.24, 2.45) is 5.92 Å². The molecule has 3 aromatic rings. The topological polar surface area (TPSA) is 71.0 Å². The molecule has 0 spiro atoms. The van der Waals surface area contributed by atoms with Crippen LogP contribution in [0.3, 0.4) is 0 Å². The zero-order chi connectivity index (χ0) is 34.0. The summed E-state index contributed by atoms with van der Waals surface area (Å²) < 4.78 is 13.6. The van der Waals surface area contributed by atoms with E-state index in [1.54, 1.807) is 0 Å². The molecule has 2 N–H and O–H groups in total. The number of hydrogen-bond acceptors (Lipinski definition) is 5. The second-order valence-electron chi connectivity index (χ2n) is 13.6. The van der Waals surface area contributed by atoms with Gasteiger partial charge in [0, 0.05) is 29.3 Å². The Balaban J connectivity index is 1.51. The highest BCUT2D eigenvalue weighted by Crippen LogP contribution is 2.42. The number of aliphatic hydroxyl groups excluding tert-OH is 1. The molecule has 1 fully saturated rings. The fraction of sp³-hybridized carbons (Fsp3) is 0.548. The van der Waals surface area contributed by atoms with Gasteiger partial charge in [0.2, 0.25) is 0 Å². The number of unbranched alkanes of at least 4 members (excludes halogenated alkanes) is 10. The lowest BCUT2D eigenvalue weighted by Gasteiger charge is -2.43. The molecular formula is C42H60N2O4. The largest absolute Gasteiger partial charge is 0.392 e. The maximum absolute atomic E-state index is 12.9. The number of carbonyl (C=O) groups excluding carboxylic acids is 1. The second-order valence-corrected chi connectivity index (χ2v) is 13.6. The lowest BCUT2D eigenvalue weighted by molar-refractivity contribution is -0.276. The summed E-state index contributed by atoms with van der Waals surface area (Å²) in [5.41, 5.74) is 4.18. The van der Waals surface area contributed by atoms with E-state index in [0.29, 0.717) is 11.3 Å². The molecule has 0 unspecified atom stereocenters. The molecule has 0 radical (unpaired) electrons. The molecule has 1 aliphatic rings. The van der Waals surface area contributed by atoms with E-state index in [2.05, 4.69) is 43.1 Å². The van der Waals surface area contributed by atoms with E-state index in [9.17, 15) is 9.90 Å². The van der Waals surface area contributed by atoms with Gasteiger partial charge in [-0.15, -0.1) is 0 Å². The normalized spacial score (nSPS) is 19.4. The Morgan fingerprint density at radius 3 is 1.98 bits per heavy atom. The van der Waals surface area contributed by atoms with Crippen molar-refractivity contribution in [2.45, 2.75) is 123 Å². The summed E-state index contributed by atoms with van der Waals surface area (Å²) >= 11 is 0. The van der Waals surface area contributed by atoms with Crippen molar-refractivity contribution >= 4 is 11.6 Å². The van der Waals surface area contributed by atoms with E-state index in [0.717, 1.165) is 36.3 Å². The molecule has 0 saturated carbocycles. The van der Waals surface area contributed by atoms with Gasteiger partial charge < -0.3 is 24.8 Å². The average Bonchev–Trinajstić information content (AvgIpc) is 3.12. The zero-order valence-corrected chi connectivity index (χ0v) is 29.7. The third-order valence-electron chi connectivity index (χ3n) is 9.67. The number of carbonyl (C=O) groups is 1. The zero-order valence-electron chi connectivity index (χ0n) is 29.7. The third-order valence-corrected chi connectivity index (χ3v) is 9.67. The number of ether oxygens (including phenoxy) is 2. The van der Waals surface area contributed by atoms with E-state index in [1.165, 1.54) is 77.0 Å².